The van der Waals surface area contributed by atoms with E-state index in [1.165, 1.54) is 36.0 Å². The number of aliphatic hydroxyl groups is 1. The van der Waals surface area contributed by atoms with Crippen LogP contribution in [0.15, 0.2) is 42.5 Å². The lowest BCUT2D eigenvalue weighted by atomic mass is 9.99. The third kappa shape index (κ3) is 5.14. The summed E-state index contributed by atoms with van der Waals surface area (Å²) in [5.41, 5.74) is 4.54. The lowest BCUT2D eigenvalue weighted by Gasteiger charge is -2.33. The van der Waals surface area contributed by atoms with Gasteiger partial charge in [0.05, 0.1) is 18.2 Å². The normalized spacial score (nSPS) is 21.2. The fraction of sp³-hybridized carbons (Fsp3) is 0.536. The van der Waals surface area contributed by atoms with Crippen molar-refractivity contribution in [2.45, 2.75) is 51.3 Å². The van der Waals surface area contributed by atoms with Crippen LogP contribution >= 0.6 is 0 Å². The Morgan fingerprint density at radius 3 is 2.59 bits per heavy atom. The van der Waals surface area contributed by atoms with E-state index < -0.39 is 6.10 Å². The van der Waals surface area contributed by atoms with Gasteiger partial charge >= 0.3 is 0 Å². The molecule has 2 aromatic carbocycles. The van der Waals surface area contributed by atoms with E-state index in [0.717, 1.165) is 32.6 Å². The number of amides is 1. The van der Waals surface area contributed by atoms with Crippen molar-refractivity contribution in [2.24, 2.45) is 0 Å². The molecule has 34 heavy (non-hydrogen) atoms. The van der Waals surface area contributed by atoms with Crippen LogP contribution in [0.25, 0.3) is 0 Å². The predicted octanol–water partition coefficient (Wildman–Crippen LogP) is 3.49. The molecule has 2 aromatic rings. The number of aliphatic hydroxyl groups excluding tert-OH is 1. The number of carbonyl (C=O) groups excluding carboxylic acids is 1. The topological polar surface area (TPSA) is 56.3 Å². The smallest absolute Gasteiger partial charge is 0.257 e. The zero-order chi connectivity index (χ0) is 23.5. The van der Waals surface area contributed by atoms with Crippen molar-refractivity contribution < 1.29 is 14.6 Å². The zero-order valence-electron chi connectivity index (χ0n) is 20.3. The van der Waals surface area contributed by atoms with E-state index in [1.807, 2.05) is 6.07 Å². The number of nitrogens with zero attached hydrogens (tertiary/aromatic N) is 3. The third-order valence-electron chi connectivity index (χ3n) is 7.67. The highest BCUT2D eigenvalue weighted by atomic mass is 16.5. The number of ether oxygens (including phenoxy) is 1. The van der Waals surface area contributed by atoms with Gasteiger partial charge in [0.15, 0.2) is 0 Å². The number of piperidine rings is 1. The first-order chi connectivity index (χ1) is 16.6. The third-order valence-corrected chi connectivity index (χ3v) is 7.67. The molecule has 5 rings (SSSR count). The van der Waals surface area contributed by atoms with Crippen LogP contribution in [0, 0.1) is 0 Å². The van der Waals surface area contributed by atoms with Gasteiger partial charge in [-0.05, 0) is 68.1 Å². The van der Waals surface area contributed by atoms with Gasteiger partial charge in [0.25, 0.3) is 5.91 Å². The molecular weight excluding hydrogens is 426 g/mol. The Labute approximate surface area is 203 Å². The fourth-order valence-corrected chi connectivity index (χ4v) is 5.64. The quantitative estimate of drug-likeness (QED) is 0.711. The van der Waals surface area contributed by atoms with Crippen LogP contribution < -0.4 is 4.74 Å². The molecule has 0 radical (unpaired) electrons. The van der Waals surface area contributed by atoms with Gasteiger partial charge in [-0.2, -0.15) is 0 Å². The SMILES string of the molecule is CC(c1ccc2c(c1)OCCN(CC(O)CN1CCc3ccccc3C1)C2=O)N1CCCCC1. The van der Waals surface area contributed by atoms with E-state index in [0.29, 0.717) is 43.6 Å². The Balaban J connectivity index is 1.21. The number of hydrogen-bond donors (Lipinski definition) is 1. The van der Waals surface area contributed by atoms with Crippen molar-refractivity contribution in [3.63, 3.8) is 0 Å². The van der Waals surface area contributed by atoms with Gasteiger partial charge in [0.2, 0.25) is 0 Å². The summed E-state index contributed by atoms with van der Waals surface area (Å²) in [4.78, 5) is 19.9. The minimum Gasteiger partial charge on any atom is -0.491 e. The minimum atomic E-state index is -0.589. The number of β-amino-alcohol motifs (C(OH)–C–C–N with tert-alkyl or cyclic N) is 1. The Kier molecular flexibility index (Phi) is 7.18. The Morgan fingerprint density at radius 2 is 1.76 bits per heavy atom. The van der Waals surface area contributed by atoms with E-state index in [9.17, 15) is 9.90 Å². The number of carbonyl (C=O) groups is 1. The fourth-order valence-electron chi connectivity index (χ4n) is 5.64. The molecule has 0 saturated carbocycles. The van der Waals surface area contributed by atoms with Crippen LogP contribution in [0.2, 0.25) is 0 Å². The molecule has 1 N–H and O–H groups in total. The molecule has 1 amide bonds. The standard InChI is InChI=1S/C28H37N3O3/c1-21(30-12-5-2-6-13-30)23-9-10-26-27(17-23)34-16-15-31(28(26)33)20-25(32)19-29-14-11-22-7-3-4-8-24(22)18-29/h3-4,7-10,17,21,25,32H,2,5-6,11-16,18-20H2,1H3. The van der Waals surface area contributed by atoms with Crippen molar-refractivity contribution in [3.05, 3.63) is 64.7 Å². The molecule has 6 heteroatoms. The number of likely N-dealkylation sites (tertiary alicyclic amines) is 1. The van der Waals surface area contributed by atoms with Gasteiger partial charge in [0, 0.05) is 32.2 Å². The van der Waals surface area contributed by atoms with Gasteiger partial charge < -0.3 is 14.7 Å². The Hall–Kier alpha value is -2.41. The molecule has 182 valence electrons. The van der Waals surface area contributed by atoms with Gasteiger partial charge in [-0.3, -0.25) is 14.6 Å². The van der Waals surface area contributed by atoms with Crippen LogP contribution in [0.3, 0.4) is 0 Å². The van der Waals surface area contributed by atoms with Gasteiger partial charge in [-0.25, -0.2) is 0 Å². The summed E-state index contributed by atoms with van der Waals surface area (Å²) < 4.78 is 6.02. The maximum Gasteiger partial charge on any atom is 0.257 e. The van der Waals surface area contributed by atoms with Crippen LogP contribution in [0.1, 0.15) is 59.3 Å². The molecule has 3 aliphatic rings. The summed E-state index contributed by atoms with van der Waals surface area (Å²) in [6.07, 6.45) is 4.24. The average Bonchev–Trinajstić information content (AvgIpc) is 3.02. The maximum absolute atomic E-state index is 13.3. The number of rotatable bonds is 6. The van der Waals surface area contributed by atoms with Gasteiger partial charge in [-0.15, -0.1) is 0 Å². The summed E-state index contributed by atoms with van der Waals surface area (Å²) in [5, 5.41) is 10.8. The molecule has 1 fully saturated rings. The minimum absolute atomic E-state index is 0.0484. The molecule has 6 nitrogen and oxygen atoms in total. The monoisotopic (exact) mass is 463 g/mol. The molecule has 0 spiro atoms. The molecule has 0 aliphatic carbocycles. The maximum atomic E-state index is 13.3. The molecule has 2 atom stereocenters. The lowest BCUT2D eigenvalue weighted by molar-refractivity contribution is 0.0501. The molecule has 2 unspecified atom stereocenters. The van der Waals surface area contributed by atoms with E-state index in [2.05, 4.69) is 53.1 Å². The highest BCUT2D eigenvalue weighted by molar-refractivity contribution is 5.97. The first kappa shape index (κ1) is 23.3. The molecule has 3 aliphatic heterocycles. The number of fused-ring (bicyclic) bond motifs is 2. The average molecular weight is 464 g/mol. The van der Waals surface area contributed by atoms with E-state index in [1.54, 1.807) is 4.90 Å². The van der Waals surface area contributed by atoms with Crippen molar-refractivity contribution in [2.75, 3.05) is 45.9 Å². The summed E-state index contributed by atoms with van der Waals surface area (Å²) in [6, 6.07) is 14.9. The molecule has 0 bridgehead atoms. The van der Waals surface area contributed by atoms with E-state index >= 15 is 0 Å². The van der Waals surface area contributed by atoms with Gasteiger partial charge in [0.1, 0.15) is 12.4 Å². The highest BCUT2D eigenvalue weighted by Gasteiger charge is 2.28. The summed E-state index contributed by atoms with van der Waals surface area (Å²) in [5.74, 6) is 0.628. The van der Waals surface area contributed by atoms with Crippen LogP contribution in [-0.4, -0.2) is 77.7 Å². The Morgan fingerprint density at radius 1 is 0.971 bits per heavy atom. The van der Waals surface area contributed by atoms with E-state index in [-0.39, 0.29) is 5.91 Å². The second-order valence-corrected chi connectivity index (χ2v) is 10.0. The first-order valence-corrected chi connectivity index (χ1v) is 12.9. The summed E-state index contributed by atoms with van der Waals surface area (Å²) in [7, 11) is 0. The summed E-state index contributed by atoms with van der Waals surface area (Å²) >= 11 is 0. The van der Waals surface area contributed by atoms with Crippen LogP contribution in [-0.2, 0) is 13.0 Å². The number of benzene rings is 2. The van der Waals surface area contributed by atoms with E-state index in [4.69, 9.17) is 4.74 Å². The zero-order valence-corrected chi connectivity index (χ0v) is 20.3. The Bertz CT molecular complexity index is 1000. The highest BCUT2D eigenvalue weighted by Crippen LogP contribution is 2.31. The molecular formula is C28H37N3O3. The van der Waals surface area contributed by atoms with Crippen molar-refractivity contribution in [3.8, 4) is 5.75 Å². The molecule has 1 saturated heterocycles. The molecule has 0 aromatic heterocycles. The molecule has 3 heterocycles. The first-order valence-electron chi connectivity index (χ1n) is 12.9. The predicted molar refractivity (Wildman–Crippen MR) is 133 cm³/mol. The van der Waals surface area contributed by atoms with Crippen molar-refractivity contribution in [1.82, 2.24) is 14.7 Å². The van der Waals surface area contributed by atoms with Crippen molar-refractivity contribution >= 4 is 5.91 Å². The second-order valence-electron chi connectivity index (χ2n) is 10.0. The van der Waals surface area contributed by atoms with Crippen molar-refractivity contribution in [1.29, 1.82) is 0 Å². The largest absolute Gasteiger partial charge is 0.491 e. The lowest BCUT2D eigenvalue weighted by Crippen LogP contribution is -2.44. The number of hydrogen-bond acceptors (Lipinski definition) is 5. The summed E-state index contributed by atoms with van der Waals surface area (Å²) in [6.45, 7) is 8.13. The van der Waals surface area contributed by atoms with Gasteiger partial charge in [-0.1, -0.05) is 36.8 Å². The second kappa shape index (κ2) is 10.5. The van der Waals surface area contributed by atoms with Crippen LogP contribution in [0.4, 0.5) is 0 Å². The van der Waals surface area contributed by atoms with Crippen LogP contribution in [0.5, 0.6) is 5.75 Å².